The maximum absolute atomic E-state index is 10.7. The summed E-state index contributed by atoms with van der Waals surface area (Å²) in [6, 6.07) is 10.0. The van der Waals surface area contributed by atoms with Gasteiger partial charge in [-0.25, -0.2) is 0 Å². The van der Waals surface area contributed by atoms with E-state index in [4.69, 9.17) is 0 Å². The minimum atomic E-state index is -0.605. The Bertz CT molecular complexity index is 448. The number of hydrogen-bond donors (Lipinski definition) is 3. The van der Waals surface area contributed by atoms with Gasteiger partial charge in [-0.3, -0.25) is 0 Å². The molecule has 1 saturated carbocycles. The first kappa shape index (κ1) is 17.1. The molecule has 0 unspecified atom stereocenters. The summed E-state index contributed by atoms with van der Waals surface area (Å²) in [5.41, 5.74) is 1.21. The first-order valence-electron chi connectivity index (χ1n) is 8.13. The van der Waals surface area contributed by atoms with Crippen molar-refractivity contribution in [2.45, 2.75) is 56.8 Å². The number of rotatable bonds is 8. The van der Waals surface area contributed by atoms with Gasteiger partial charge in [0.05, 0.1) is 18.3 Å². The highest BCUT2D eigenvalue weighted by atomic mass is 16.3. The molecule has 1 aliphatic rings. The fraction of sp³-hybridized carbons (Fsp3) is 0.611. The van der Waals surface area contributed by atoms with E-state index < -0.39 is 18.3 Å². The monoisotopic (exact) mass is 306 g/mol. The molecule has 2 rings (SSSR count). The fourth-order valence-electron chi connectivity index (χ4n) is 3.52. The molecule has 0 heterocycles. The normalized spacial score (nSPS) is 29.4. The lowest BCUT2D eigenvalue weighted by Gasteiger charge is -2.23. The SMILES string of the molecule is O=CC[C@@H]1[C@@H](CC[C@@H](O)CCc2ccccc2)[C@H](O)C[C@@H]1O. The third-order valence-corrected chi connectivity index (χ3v) is 4.83. The van der Waals surface area contributed by atoms with Crippen LogP contribution in [0.2, 0.25) is 0 Å². The number of benzene rings is 1. The highest BCUT2D eigenvalue weighted by molar-refractivity contribution is 5.50. The highest BCUT2D eigenvalue weighted by Crippen LogP contribution is 2.37. The van der Waals surface area contributed by atoms with Crippen molar-refractivity contribution in [3.63, 3.8) is 0 Å². The van der Waals surface area contributed by atoms with Crippen LogP contribution < -0.4 is 0 Å². The first-order valence-corrected chi connectivity index (χ1v) is 8.13. The molecule has 122 valence electrons. The van der Waals surface area contributed by atoms with Gasteiger partial charge in [0, 0.05) is 6.42 Å². The summed E-state index contributed by atoms with van der Waals surface area (Å²) < 4.78 is 0. The molecule has 22 heavy (non-hydrogen) atoms. The summed E-state index contributed by atoms with van der Waals surface area (Å²) >= 11 is 0. The van der Waals surface area contributed by atoms with Gasteiger partial charge < -0.3 is 20.1 Å². The quantitative estimate of drug-likeness (QED) is 0.639. The van der Waals surface area contributed by atoms with Gasteiger partial charge >= 0.3 is 0 Å². The molecule has 0 radical (unpaired) electrons. The van der Waals surface area contributed by atoms with E-state index >= 15 is 0 Å². The first-order chi connectivity index (χ1) is 10.6. The Morgan fingerprint density at radius 2 is 1.77 bits per heavy atom. The van der Waals surface area contributed by atoms with Crippen molar-refractivity contribution in [2.24, 2.45) is 11.8 Å². The molecule has 5 atom stereocenters. The lowest BCUT2D eigenvalue weighted by molar-refractivity contribution is -0.109. The highest BCUT2D eigenvalue weighted by Gasteiger charge is 2.40. The third-order valence-electron chi connectivity index (χ3n) is 4.83. The van der Waals surface area contributed by atoms with Gasteiger partial charge in [0.15, 0.2) is 0 Å². The molecule has 0 saturated heterocycles. The van der Waals surface area contributed by atoms with Crippen molar-refractivity contribution in [1.29, 1.82) is 0 Å². The van der Waals surface area contributed by atoms with Crippen LogP contribution in [0.5, 0.6) is 0 Å². The van der Waals surface area contributed by atoms with Crippen LogP contribution in [0.15, 0.2) is 30.3 Å². The lowest BCUT2D eigenvalue weighted by Crippen LogP contribution is -2.24. The predicted octanol–water partition coefficient (Wildman–Crippen LogP) is 1.71. The van der Waals surface area contributed by atoms with Crippen LogP contribution in [0.3, 0.4) is 0 Å². The van der Waals surface area contributed by atoms with Gasteiger partial charge in [-0.05, 0) is 49.5 Å². The van der Waals surface area contributed by atoms with Gasteiger partial charge in [-0.2, -0.15) is 0 Å². The molecule has 1 aliphatic carbocycles. The van der Waals surface area contributed by atoms with E-state index in [0.717, 1.165) is 12.7 Å². The number of aryl methyl sites for hydroxylation is 1. The summed E-state index contributed by atoms with van der Waals surface area (Å²) in [6.45, 7) is 0. The molecule has 4 heteroatoms. The van der Waals surface area contributed by atoms with Crippen LogP contribution in [0.25, 0.3) is 0 Å². The predicted molar refractivity (Wildman–Crippen MR) is 84.3 cm³/mol. The minimum absolute atomic E-state index is 0.0911. The molecule has 0 bridgehead atoms. The Morgan fingerprint density at radius 1 is 1.09 bits per heavy atom. The molecule has 0 aliphatic heterocycles. The molecular formula is C18H26O4. The standard InChI is InChI=1S/C18H26O4/c19-11-10-16-15(17(21)12-18(16)22)9-8-14(20)7-6-13-4-2-1-3-5-13/h1-5,11,14-18,20-22H,6-10,12H2/t14-,15+,16+,17+,18-/m0/s1. The maximum atomic E-state index is 10.7. The summed E-state index contributed by atoms with van der Waals surface area (Å²) in [5.74, 6) is -0.264. The number of aldehydes is 1. The van der Waals surface area contributed by atoms with E-state index in [1.807, 2.05) is 30.3 Å². The van der Waals surface area contributed by atoms with Gasteiger partial charge in [0.25, 0.3) is 0 Å². The molecular weight excluding hydrogens is 280 g/mol. The summed E-state index contributed by atoms with van der Waals surface area (Å²) in [4.78, 5) is 10.7. The second-order valence-electron chi connectivity index (χ2n) is 6.36. The Hall–Kier alpha value is -1.23. The van der Waals surface area contributed by atoms with Crippen LogP contribution >= 0.6 is 0 Å². The average molecular weight is 306 g/mol. The van der Waals surface area contributed by atoms with E-state index in [9.17, 15) is 20.1 Å². The van der Waals surface area contributed by atoms with Crippen LogP contribution in [-0.4, -0.2) is 39.9 Å². The molecule has 0 spiro atoms. The second-order valence-corrected chi connectivity index (χ2v) is 6.36. The molecule has 1 aromatic carbocycles. The number of aliphatic hydroxyl groups is 3. The Kier molecular flexibility index (Phi) is 6.55. The van der Waals surface area contributed by atoms with E-state index in [1.54, 1.807) is 0 Å². The Labute approximate surface area is 131 Å². The molecule has 4 nitrogen and oxygen atoms in total. The maximum Gasteiger partial charge on any atom is 0.120 e. The molecule has 0 aromatic heterocycles. The summed E-state index contributed by atoms with van der Waals surface area (Å²) in [6.07, 6.45) is 2.60. The second kappa shape index (κ2) is 8.42. The molecule has 1 fully saturated rings. The van der Waals surface area contributed by atoms with Crippen LogP contribution in [-0.2, 0) is 11.2 Å². The van der Waals surface area contributed by atoms with Crippen molar-refractivity contribution in [3.8, 4) is 0 Å². The van der Waals surface area contributed by atoms with Crippen molar-refractivity contribution in [3.05, 3.63) is 35.9 Å². The Balaban J connectivity index is 1.77. The van der Waals surface area contributed by atoms with E-state index in [2.05, 4.69) is 0 Å². The molecule has 1 aromatic rings. The van der Waals surface area contributed by atoms with E-state index in [0.29, 0.717) is 25.7 Å². The zero-order chi connectivity index (χ0) is 15.9. The molecule has 0 amide bonds. The van der Waals surface area contributed by atoms with Gasteiger partial charge in [0.2, 0.25) is 0 Å². The minimum Gasteiger partial charge on any atom is -0.393 e. The summed E-state index contributed by atoms with van der Waals surface area (Å²) in [5, 5.41) is 30.0. The number of aliphatic hydroxyl groups excluding tert-OH is 3. The van der Waals surface area contributed by atoms with Crippen molar-refractivity contribution in [2.75, 3.05) is 0 Å². The van der Waals surface area contributed by atoms with Crippen molar-refractivity contribution < 1.29 is 20.1 Å². The van der Waals surface area contributed by atoms with Gasteiger partial charge in [-0.1, -0.05) is 30.3 Å². The largest absolute Gasteiger partial charge is 0.393 e. The average Bonchev–Trinajstić information content (AvgIpc) is 2.78. The van der Waals surface area contributed by atoms with Crippen LogP contribution in [0.4, 0.5) is 0 Å². The van der Waals surface area contributed by atoms with Crippen molar-refractivity contribution in [1.82, 2.24) is 0 Å². The van der Waals surface area contributed by atoms with E-state index in [1.165, 1.54) is 5.56 Å². The number of hydrogen-bond acceptors (Lipinski definition) is 4. The third kappa shape index (κ3) is 4.63. The lowest BCUT2D eigenvalue weighted by atomic mass is 9.86. The summed E-state index contributed by atoms with van der Waals surface area (Å²) in [7, 11) is 0. The smallest absolute Gasteiger partial charge is 0.120 e. The van der Waals surface area contributed by atoms with Crippen molar-refractivity contribution >= 4 is 6.29 Å². The van der Waals surface area contributed by atoms with E-state index in [-0.39, 0.29) is 18.3 Å². The zero-order valence-corrected chi connectivity index (χ0v) is 12.8. The van der Waals surface area contributed by atoms with Crippen LogP contribution in [0.1, 0.15) is 37.7 Å². The van der Waals surface area contributed by atoms with Gasteiger partial charge in [0.1, 0.15) is 6.29 Å². The fourth-order valence-corrected chi connectivity index (χ4v) is 3.52. The van der Waals surface area contributed by atoms with Gasteiger partial charge in [-0.15, -0.1) is 0 Å². The zero-order valence-electron chi connectivity index (χ0n) is 12.8. The van der Waals surface area contributed by atoms with Crippen LogP contribution in [0, 0.1) is 11.8 Å². The topological polar surface area (TPSA) is 77.8 Å². The number of carbonyl (C=O) groups is 1. The number of carbonyl (C=O) groups excluding carboxylic acids is 1. The molecule has 3 N–H and O–H groups in total. The Morgan fingerprint density at radius 3 is 2.45 bits per heavy atom.